The molecule has 0 aromatic heterocycles. The number of carboxylic acid groups (broad SMARTS) is 1. The van der Waals surface area contributed by atoms with Crippen LogP contribution in [0.25, 0.3) is 0 Å². The normalized spacial score (nSPS) is 12.8. The van der Waals surface area contributed by atoms with Gasteiger partial charge in [-0.1, -0.05) is 42.5 Å². The van der Waals surface area contributed by atoms with Gasteiger partial charge in [0, 0.05) is 37.0 Å². The first-order valence-corrected chi connectivity index (χ1v) is 11.2. The Morgan fingerprint density at radius 3 is 2.28 bits per heavy atom. The van der Waals surface area contributed by atoms with Gasteiger partial charge in [0.05, 0.1) is 5.92 Å². The van der Waals surface area contributed by atoms with Crippen molar-refractivity contribution in [3.05, 3.63) is 65.7 Å². The summed E-state index contributed by atoms with van der Waals surface area (Å²) in [6.45, 7) is 0. The Balaban J connectivity index is 1.88. The highest BCUT2D eigenvalue weighted by Gasteiger charge is 2.24. The third-order valence-electron chi connectivity index (χ3n) is 4.54. The van der Waals surface area contributed by atoms with Crippen LogP contribution in [0.1, 0.15) is 11.1 Å². The van der Waals surface area contributed by atoms with Crippen molar-refractivity contribution < 1.29 is 14.7 Å². The van der Waals surface area contributed by atoms with Crippen LogP contribution in [-0.4, -0.2) is 48.6 Å². The van der Waals surface area contributed by atoms with Crippen LogP contribution in [0.4, 0.5) is 5.69 Å². The molecule has 7 heteroatoms. The Morgan fingerprint density at radius 2 is 1.72 bits per heavy atom. The molecular formula is C22H28N2O3S2. The molecule has 0 aliphatic heterocycles. The zero-order valence-corrected chi connectivity index (χ0v) is 18.5. The summed E-state index contributed by atoms with van der Waals surface area (Å²) in [5, 5.41) is 12.2. The summed E-state index contributed by atoms with van der Waals surface area (Å²) in [5.41, 5.74) is 3.27. The summed E-state index contributed by atoms with van der Waals surface area (Å²) in [6, 6.07) is 16.9. The molecule has 0 aliphatic rings. The number of nitrogens with one attached hydrogen (secondary N) is 1. The third kappa shape index (κ3) is 7.66. The molecule has 2 aromatic rings. The second kappa shape index (κ2) is 11.8. The molecule has 29 heavy (non-hydrogen) atoms. The molecule has 0 fully saturated rings. The Morgan fingerprint density at radius 1 is 1.07 bits per heavy atom. The molecule has 0 bridgehead atoms. The van der Waals surface area contributed by atoms with Gasteiger partial charge in [-0.15, -0.1) is 0 Å². The van der Waals surface area contributed by atoms with Gasteiger partial charge >= 0.3 is 5.97 Å². The number of amides is 1. The van der Waals surface area contributed by atoms with Gasteiger partial charge in [0.1, 0.15) is 6.04 Å². The summed E-state index contributed by atoms with van der Waals surface area (Å²) < 4.78 is 0. The van der Waals surface area contributed by atoms with Crippen molar-refractivity contribution in [2.45, 2.75) is 18.2 Å². The number of hydrogen-bond donors (Lipinski definition) is 3. The minimum absolute atomic E-state index is 0.271. The first kappa shape index (κ1) is 23.2. The van der Waals surface area contributed by atoms with E-state index in [2.05, 4.69) is 17.9 Å². The van der Waals surface area contributed by atoms with E-state index in [4.69, 9.17) is 0 Å². The van der Waals surface area contributed by atoms with E-state index in [1.165, 1.54) is 11.8 Å². The number of thiol groups is 1. The van der Waals surface area contributed by atoms with Gasteiger partial charge in [0.15, 0.2) is 0 Å². The lowest BCUT2D eigenvalue weighted by Gasteiger charge is -2.19. The smallest absolute Gasteiger partial charge is 0.327 e. The number of benzene rings is 2. The monoisotopic (exact) mass is 432 g/mol. The molecule has 2 rings (SSSR count). The number of thioether (sulfide) groups is 1. The molecule has 2 unspecified atom stereocenters. The van der Waals surface area contributed by atoms with E-state index in [-0.39, 0.29) is 11.8 Å². The highest BCUT2D eigenvalue weighted by molar-refractivity contribution is 7.98. The number of anilines is 1. The van der Waals surface area contributed by atoms with Crippen molar-refractivity contribution in [2.75, 3.05) is 30.5 Å². The molecule has 0 heterocycles. The average Bonchev–Trinajstić information content (AvgIpc) is 2.72. The molecule has 5 nitrogen and oxygen atoms in total. The lowest BCUT2D eigenvalue weighted by molar-refractivity contribution is -0.141. The van der Waals surface area contributed by atoms with Crippen molar-refractivity contribution in [2.24, 2.45) is 5.92 Å². The topological polar surface area (TPSA) is 69.6 Å². The number of nitrogens with zero attached hydrogens (tertiary/aromatic N) is 1. The van der Waals surface area contributed by atoms with Crippen molar-refractivity contribution in [3.8, 4) is 0 Å². The number of hydrogen-bond acceptors (Lipinski definition) is 5. The molecule has 0 aliphatic carbocycles. The van der Waals surface area contributed by atoms with Crippen LogP contribution in [0, 0.1) is 5.92 Å². The minimum atomic E-state index is -1.02. The molecule has 0 saturated heterocycles. The molecule has 0 saturated carbocycles. The summed E-state index contributed by atoms with van der Waals surface area (Å²) >= 11 is 5.78. The van der Waals surface area contributed by atoms with Gasteiger partial charge in [-0.2, -0.15) is 24.4 Å². The van der Waals surface area contributed by atoms with Gasteiger partial charge in [-0.3, -0.25) is 4.79 Å². The molecule has 2 atom stereocenters. The predicted octanol–water partition coefficient (Wildman–Crippen LogP) is 3.34. The van der Waals surface area contributed by atoms with Crippen molar-refractivity contribution in [3.63, 3.8) is 0 Å². The molecule has 2 N–H and O–H groups in total. The zero-order chi connectivity index (χ0) is 21.2. The van der Waals surface area contributed by atoms with E-state index >= 15 is 0 Å². The Kier molecular flexibility index (Phi) is 9.41. The molecular weight excluding hydrogens is 404 g/mol. The Hall–Kier alpha value is -2.12. The number of carboxylic acids is 1. The van der Waals surface area contributed by atoms with Crippen molar-refractivity contribution in [1.82, 2.24) is 5.32 Å². The van der Waals surface area contributed by atoms with E-state index < -0.39 is 12.0 Å². The number of aliphatic carboxylic acids is 1. The van der Waals surface area contributed by atoms with Crippen LogP contribution >= 0.6 is 24.4 Å². The van der Waals surface area contributed by atoms with Crippen LogP contribution < -0.4 is 10.2 Å². The first-order valence-electron chi connectivity index (χ1n) is 9.42. The van der Waals surface area contributed by atoms with Crippen LogP contribution in [0.2, 0.25) is 0 Å². The standard InChI is InChI=1S/C22H28N2O3S2/c1-24(2)19-10-8-17(9-11-19)14-29-15-20(22(26)27)23-21(25)18(13-28)12-16-6-4-3-5-7-16/h3-11,18,20,28H,12-15H2,1-2H3,(H,23,25)(H,26,27). The molecule has 0 spiro atoms. The Bertz CT molecular complexity index is 782. The summed E-state index contributed by atoms with van der Waals surface area (Å²) in [4.78, 5) is 26.2. The number of rotatable bonds is 11. The minimum Gasteiger partial charge on any atom is -0.480 e. The van der Waals surface area contributed by atoms with Crippen LogP contribution in [-0.2, 0) is 21.8 Å². The van der Waals surface area contributed by atoms with Gasteiger partial charge in [0.2, 0.25) is 5.91 Å². The van der Waals surface area contributed by atoms with Crippen molar-refractivity contribution in [1.29, 1.82) is 0 Å². The average molecular weight is 433 g/mol. The van der Waals surface area contributed by atoms with Crippen LogP contribution in [0.15, 0.2) is 54.6 Å². The first-order chi connectivity index (χ1) is 13.9. The van der Waals surface area contributed by atoms with Crippen LogP contribution in [0.5, 0.6) is 0 Å². The summed E-state index contributed by atoms with van der Waals surface area (Å²) in [7, 11) is 3.97. The fraction of sp³-hybridized carbons (Fsp3) is 0.364. The summed E-state index contributed by atoms with van der Waals surface area (Å²) in [5.74, 6) is -0.308. The van der Waals surface area contributed by atoms with E-state index in [0.29, 0.717) is 23.7 Å². The maximum absolute atomic E-state index is 12.6. The molecule has 1 amide bonds. The van der Waals surface area contributed by atoms with Gasteiger partial charge in [-0.25, -0.2) is 4.79 Å². The number of carbonyl (C=O) groups excluding carboxylic acids is 1. The lowest BCUT2D eigenvalue weighted by atomic mass is 10.00. The molecule has 0 radical (unpaired) electrons. The maximum Gasteiger partial charge on any atom is 0.327 e. The van der Waals surface area contributed by atoms with Gasteiger partial charge < -0.3 is 15.3 Å². The zero-order valence-electron chi connectivity index (χ0n) is 16.7. The SMILES string of the molecule is CN(C)c1ccc(CSCC(NC(=O)C(CS)Cc2ccccc2)C(=O)O)cc1. The van der Waals surface area contributed by atoms with E-state index in [0.717, 1.165) is 16.8 Å². The van der Waals surface area contributed by atoms with Crippen LogP contribution in [0.3, 0.4) is 0 Å². The Labute approximate surface area is 182 Å². The quantitative estimate of drug-likeness (QED) is 0.475. The lowest BCUT2D eigenvalue weighted by Crippen LogP contribution is -2.46. The van der Waals surface area contributed by atoms with E-state index in [1.54, 1.807) is 0 Å². The largest absolute Gasteiger partial charge is 0.480 e. The highest BCUT2D eigenvalue weighted by atomic mass is 32.2. The van der Waals surface area contributed by atoms with E-state index in [9.17, 15) is 14.7 Å². The maximum atomic E-state index is 12.6. The number of carbonyl (C=O) groups is 2. The fourth-order valence-corrected chi connectivity index (χ4v) is 4.09. The van der Waals surface area contributed by atoms with Crippen molar-refractivity contribution >= 4 is 42.0 Å². The molecule has 156 valence electrons. The van der Waals surface area contributed by atoms with Gasteiger partial charge in [-0.05, 0) is 29.7 Å². The summed E-state index contributed by atoms with van der Waals surface area (Å²) in [6.07, 6.45) is 0.536. The second-order valence-corrected chi connectivity index (χ2v) is 8.44. The second-order valence-electron chi connectivity index (χ2n) is 7.04. The third-order valence-corrected chi connectivity index (χ3v) is 6.08. The molecule has 2 aromatic carbocycles. The van der Waals surface area contributed by atoms with Gasteiger partial charge in [0.25, 0.3) is 0 Å². The highest BCUT2D eigenvalue weighted by Crippen LogP contribution is 2.18. The predicted molar refractivity (Wildman–Crippen MR) is 124 cm³/mol. The fourth-order valence-electron chi connectivity index (χ4n) is 2.79. The van der Waals surface area contributed by atoms with E-state index in [1.807, 2.05) is 73.6 Å².